The molecule has 1 fully saturated rings. The molecule has 2 N–H and O–H groups in total. The summed E-state index contributed by atoms with van der Waals surface area (Å²) in [5, 5.41) is 10.8. The van der Waals surface area contributed by atoms with Crippen molar-refractivity contribution in [2.45, 2.75) is 31.8 Å². The molecule has 0 bridgehead atoms. The van der Waals surface area contributed by atoms with Crippen LogP contribution in [0.3, 0.4) is 0 Å². The fourth-order valence-electron chi connectivity index (χ4n) is 2.25. The van der Waals surface area contributed by atoms with Gasteiger partial charge in [-0.05, 0) is 38.9 Å². The van der Waals surface area contributed by atoms with Crippen LogP contribution in [0.2, 0.25) is 0 Å². The van der Waals surface area contributed by atoms with Crippen LogP contribution in [0.5, 0.6) is 0 Å². The maximum absolute atomic E-state index is 10.6. The van der Waals surface area contributed by atoms with Gasteiger partial charge in [-0.15, -0.1) is 0 Å². The summed E-state index contributed by atoms with van der Waals surface area (Å²) in [5.74, 6) is 0. The maximum Gasteiger partial charge on any atom is 0.324 e. The minimum atomic E-state index is -0.394. The van der Waals surface area contributed by atoms with E-state index in [0.717, 1.165) is 18.0 Å². The smallest absolute Gasteiger partial charge is 0.313 e. The molecular weight excluding hydrogens is 238 g/mol. The van der Waals surface area contributed by atoms with Gasteiger partial charge in [0.25, 0.3) is 0 Å². The van der Waals surface area contributed by atoms with Crippen molar-refractivity contribution in [2.75, 3.05) is 13.1 Å². The number of hydrogen-bond acceptors (Lipinski definition) is 5. The van der Waals surface area contributed by atoms with Gasteiger partial charge in [0.1, 0.15) is 0 Å². The molecule has 1 aromatic rings. The SMILES string of the molecule is CC(N)(Cc1ccc([N+](=O)[O-])s1)N1CCCC1. The molecule has 1 atom stereocenters. The number of nitrogens with two attached hydrogens (primary N) is 1. The summed E-state index contributed by atoms with van der Waals surface area (Å²) in [6.07, 6.45) is 3.06. The lowest BCUT2D eigenvalue weighted by atomic mass is 10.1. The van der Waals surface area contributed by atoms with Crippen LogP contribution >= 0.6 is 11.3 Å². The summed E-state index contributed by atoms with van der Waals surface area (Å²) < 4.78 is 0. The van der Waals surface area contributed by atoms with Crippen molar-refractivity contribution in [1.82, 2.24) is 4.90 Å². The van der Waals surface area contributed by atoms with Gasteiger partial charge >= 0.3 is 5.00 Å². The van der Waals surface area contributed by atoms with Crippen LogP contribution < -0.4 is 5.73 Å². The topological polar surface area (TPSA) is 72.4 Å². The lowest BCUT2D eigenvalue weighted by Crippen LogP contribution is -2.53. The lowest BCUT2D eigenvalue weighted by molar-refractivity contribution is -0.380. The van der Waals surface area contributed by atoms with Crippen LogP contribution in [-0.2, 0) is 6.42 Å². The molecule has 1 aliphatic rings. The van der Waals surface area contributed by atoms with Gasteiger partial charge in [0.2, 0.25) is 0 Å². The number of likely N-dealkylation sites (tertiary alicyclic amines) is 1. The van der Waals surface area contributed by atoms with E-state index in [1.165, 1.54) is 24.2 Å². The van der Waals surface area contributed by atoms with E-state index in [1.54, 1.807) is 6.07 Å². The van der Waals surface area contributed by atoms with Crippen molar-refractivity contribution in [1.29, 1.82) is 0 Å². The fraction of sp³-hybridized carbons (Fsp3) is 0.636. The standard InChI is InChI=1S/C11H17N3O2S/c1-11(12,13-6-2-3-7-13)8-9-4-5-10(17-9)14(15)16/h4-5H,2-3,6-8,12H2,1H3. The minimum absolute atomic E-state index is 0.192. The van der Waals surface area contributed by atoms with Crippen LogP contribution in [0.25, 0.3) is 0 Å². The molecular formula is C11H17N3O2S. The highest BCUT2D eigenvalue weighted by molar-refractivity contribution is 7.15. The van der Waals surface area contributed by atoms with E-state index in [9.17, 15) is 10.1 Å². The van der Waals surface area contributed by atoms with Crippen molar-refractivity contribution in [3.8, 4) is 0 Å². The van der Waals surface area contributed by atoms with Crippen LogP contribution in [-0.4, -0.2) is 28.6 Å². The normalized spacial score (nSPS) is 20.4. The summed E-state index contributed by atoms with van der Waals surface area (Å²) in [6.45, 7) is 4.06. The molecule has 0 saturated carbocycles. The van der Waals surface area contributed by atoms with Crippen molar-refractivity contribution in [2.24, 2.45) is 5.73 Å². The highest BCUT2D eigenvalue weighted by atomic mass is 32.1. The van der Waals surface area contributed by atoms with Gasteiger partial charge in [-0.3, -0.25) is 15.0 Å². The molecule has 6 heteroatoms. The first kappa shape index (κ1) is 12.5. The fourth-order valence-corrected chi connectivity index (χ4v) is 3.23. The average molecular weight is 255 g/mol. The molecule has 1 saturated heterocycles. The Kier molecular flexibility index (Phi) is 3.46. The molecule has 0 spiro atoms. The van der Waals surface area contributed by atoms with Gasteiger partial charge in [0.05, 0.1) is 10.6 Å². The third kappa shape index (κ3) is 2.83. The monoisotopic (exact) mass is 255 g/mol. The van der Waals surface area contributed by atoms with Gasteiger partial charge in [0, 0.05) is 17.4 Å². The van der Waals surface area contributed by atoms with Crippen molar-refractivity contribution in [3.63, 3.8) is 0 Å². The number of nitrogens with zero attached hydrogens (tertiary/aromatic N) is 2. The quantitative estimate of drug-likeness (QED) is 0.659. The number of hydrogen-bond donors (Lipinski definition) is 1. The van der Waals surface area contributed by atoms with E-state index in [1.807, 2.05) is 13.0 Å². The summed E-state index contributed by atoms with van der Waals surface area (Å²) in [4.78, 5) is 13.5. The van der Waals surface area contributed by atoms with Gasteiger partial charge in [-0.25, -0.2) is 0 Å². The Balaban J connectivity index is 2.05. The van der Waals surface area contributed by atoms with Crippen LogP contribution in [0.15, 0.2) is 12.1 Å². The molecule has 0 aliphatic carbocycles. The number of thiophene rings is 1. The molecule has 0 radical (unpaired) electrons. The minimum Gasteiger partial charge on any atom is -0.313 e. The van der Waals surface area contributed by atoms with Gasteiger partial charge < -0.3 is 5.73 Å². The maximum atomic E-state index is 10.6. The van der Waals surface area contributed by atoms with Crippen molar-refractivity contribution in [3.05, 3.63) is 27.1 Å². The molecule has 5 nitrogen and oxygen atoms in total. The highest BCUT2D eigenvalue weighted by Crippen LogP contribution is 2.28. The Morgan fingerprint density at radius 2 is 2.18 bits per heavy atom. The van der Waals surface area contributed by atoms with Gasteiger partial charge in [0.15, 0.2) is 0 Å². The van der Waals surface area contributed by atoms with E-state index in [4.69, 9.17) is 5.73 Å². The largest absolute Gasteiger partial charge is 0.324 e. The van der Waals surface area contributed by atoms with E-state index < -0.39 is 5.66 Å². The van der Waals surface area contributed by atoms with Crippen LogP contribution in [0, 0.1) is 10.1 Å². The van der Waals surface area contributed by atoms with Crippen LogP contribution in [0.1, 0.15) is 24.6 Å². The summed E-state index contributed by atoms with van der Waals surface area (Å²) in [7, 11) is 0. The molecule has 94 valence electrons. The molecule has 1 aromatic heterocycles. The van der Waals surface area contributed by atoms with Crippen molar-refractivity contribution >= 4 is 16.3 Å². The first-order valence-corrected chi connectivity index (χ1v) is 6.58. The molecule has 1 unspecified atom stereocenters. The van der Waals surface area contributed by atoms with Crippen molar-refractivity contribution < 1.29 is 4.92 Å². The first-order valence-electron chi connectivity index (χ1n) is 5.76. The first-order chi connectivity index (χ1) is 7.99. The zero-order chi connectivity index (χ0) is 12.5. The molecule has 2 rings (SSSR count). The summed E-state index contributed by atoms with van der Waals surface area (Å²) in [5.41, 5.74) is 5.91. The van der Waals surface area contributed by atoms with E-state index in [2.05, 4.69) is 4.90 Å². The Bertz CT molecular complexity index is 411. The Morgan fingerprint density at radius 1 is 1.53 bits per heavy atom. The third-order valence-corrected chi connectivity index (χ3v) is 4.22. The molecule has 1 aliphatic heterocycles. The summed E-state index contributed by atoms with van der Waals surface area (Å²) in [6, 6.07) is 3.37. The predicted molar refractivity (Wildman–Crippen MR) is 68.1 cm³/mol. The average Bonchev–Trinajstić information content (AvgIpc) is 2.85. The highest BCUT2D eigenvalue weighted by Gasteiger charge is 2.30. The molecule has 2 heterocycles. The Labute approximate surface area is 104 Å². The van der Waals surface area contributed by atoms with E-state index in [-0.39, 0.29) is 9.92 Å². The van der Waals surface area contributed by atoms with Gasteiger partial charge in [-0.1, -0.05) is 11.3 Å². The molecule has 0 aromatic carbocycles. The number of nitro groups is 1. The van der Waals surface area contributed by atoms with Gasteiger partial charge in [-0.2, -0.15) is 0 Å². The zero-order valence-electron chi connectivity index (χ0n) is 9.89. The Hall–Kier alpha value is -0.980. The van der Waals surface area contributed by atoms with Crippen LogP contribution in [0.4, 0.5) is 5.00 Å². The third-order valence-electron chi connectivity index (χ3n) is 3.19. The van der Waals surface area contributed by atoms with E-state index >= 15 is 0 Å². The van der Waals surface area contributed by atoms with E-state index in [0.29, 0.717) is 6.42 Å². The molecule has 17 heavy (non-hydrogen) atoms. The lowest BCUT2D eigenvalue weighted by Gasteiger charge is -2.34. The number of rotatable bonds is 4. The second-order valence-corrected chi connectivity index (χ2v) is 5.87. The Morgan fingerprint density at radius 3 is 2.71 bits per heavy atom. The second kappa shape index (κ2) is 4.72. The molecule has 0 amide bonds. The predicted octanol–water partition coefficient (Wildman–Crippen LogP) is 1.97. The zero-order valence-corrected chi connectivity index (χ0v) is 10.7. The summed E-state index contributed by atoms with van der Waals surface area (Å²) >= 11 is 1.22. The second-order valence-electron chi connectivity index (χ2n) is 4.73.